The summed E-state index contributed by atoms with van der Waals surface area (Å²) in [6.45, 7) is 0. The molecule has 6 nitrogen and oxygen atoms in total. The van der Waals surface area contributed by atoms with E-state index in [0.29, 0.717) is 22.2 Å². The lowest BCUT2D eigenvalue weighted by Gasteiger charge is -2.12. The molecule has 144 valence electrons. The second kappa shape index (κ2) is 8.73. The molecule has 0 aliphatic rings. The molecule has 0 saturated carbocycles. The molecule has 0 heterocycles. The topological polar surface area (TPSA) is 79.5 Å². The number of hydrogen-bond donors (Lipinski definition) is 3. The van der Waals surface area contributed by atoms with E-state index in [0.717, 1.165) is 5.69 Å². The van der Waals surface area contributed by atoms with Crippen LogP contribution in [0.2, 0.25) is 0 Å². The fourth-order valence-corrected chi connectivity index (χ4v) is 3.73. The van der Waals surface area contributed by atoms with E-state index in [1.165, 1.54) is 12.1 Å². The first-order valence-corrected chi connectivity index (χ1v) is 10.3. The molecule has 0 aliphatic carbocycles. The van der Waals surface area contributed by atoms with E-state index < -0.39 is 10.0 Å². The van der Waals surface area contributed by atoms with Crippen molar-refractivity contribution in [2.45, 2.75) is 4.90 Å². The highest BCUT2D eigenvalue weighted by molar-refractivity contribution is 7.92. The zero-order valence-corrected chi connectivity index (χ0v) is 16.7. The first-order valence-electron chi connectivity index (χ1n) is 8.36. The molecule has 0 fully saturated rings. The average Bonchev–Trinajstić information content (AvgIpc) is 2.69. The Kier molecular flexibility index (Phi) is 6.13. The maximum atomic E-state index is 12.5. The van der Waals surface area contributed by atoms with Gasteiger partial charge in [-0.25, -0.2) is 8.42 Å². The lowest BCUT2D eigenvalue weighted by molar-refractivity contribution is 0.415. The Hall–Kier alpha value is -3.10. The number of methoxy groups -OCH3 is 1. The van der Waals surface area contributed by atoms with Gasteiger partial charge in [0.05, 0.1) is 12.0 Å². The number of anilines is 3. The maximum absolute atomic E-state index is 12.5. The maximum Gasteiger partial charge on any atom is 0.261 e. The highest BCUT2D eigenvalue weighted by atomic mass is 32.2. The molecule has 0 saturated heterocycles. The molecular formula is C20H19N3O3S2. The van der Waals surface area contributed by atoms with Gasteiger partial charge >= 0.3 is 0 Å². The predicted octanol–water partition coefficient (Wildman–Crippen LogP) is 4.30. The standard InChI is InChI=1S/C20H19N3O3S2/c1-26-18-9-5-8-17(14-18)22-20(27)21-15-10-12-19(13-11-15)28(24,25)23-16-6-3-2-4-7-16/h2-14,23H,1H3,(H2,21,22,27). The minimum absolute atomic E-state index is 0.161. The number of hydrogen-bond acceptors (Lipinski definition) is 4. The molecule has 0 spiro atoms. The predicted molar refractivity (Wildman–Crippen MR) is 117 cm³/mol. The van der Waals surface area contributed by atoms with Gasteiger partial charge in [0.2, 0.25) is 0 Å². The quantitative estimate of drug-likeness (QED) is 0.523. The number of nitrogens with one attached hydrogen (secondary N) is 3. The van der Waals surface area contributed by atoms with Gasteiger partial charge in [-0.2, -0.15) is 0 Å². The van der Waals surface area contributed by atoms with Gasteiger partial charge in [0, 0.05) is 23.1 Å². The summed E-state index contributed by atoms with van der Waals surface area (Å²) >= 11 is 5.30. The molecule has 0 aromatic heterocycles. The molecule has 3 aromatic carbocycles. The van der Waals surface area contributed by atoms with Gasteiger partial charge < -0.3 is 15.4 Å². The molecular weight excluding hydrogens is 394 g/mol. The summed E-state index contributed by atoms with van der Waals surface area (Å²) < 4.78 is 32.6. The number of rotatable bonds is 6. The van der Waals surface area contributed by atoms with E-state index in [4.69, 9.17) is 17.0 Å². The minimum Gasteiger partial charge on any atom is -0.497 e. The average molecular weight is 414 g/mol. The first kappa shape index (κ1) is 19.7. The van der Waals surface area contributed by atoms with Crippen molar-refractivity contribution in [3.63, 3.8) is 0 Å². The Bertz CT molecular complexity index is 1050. The van der Waals surface area contributed by atoms with Crippen LogP contribution in [0, 0.1) is 0 Å². The van der Waals surface area contributed by atoms with E-state index in [2.05, 4.69) is 15.4 Å². The van der Waals surface area contributed by atoms with Crippen molar-refractivity contribution in [2.24, 2.45) is 0 Å². The highest BCUT2D eigenvalue weighted by Crippen LogP contribution is 2.19. The smallest absolute Gasteiger partial charge is 0.261 e. The first-order chi connectivity index (χ1) is 13.5. The van der Waals surface area contributed by atoms with Gasteiger partial charge in [-0.15, -0.1) is 0 Å². The van der Waals surface area contributed by atoms with E-state index in [1.54, 1.807) is 43.5 Å². The van der Waals surface area contributed by atoms with E-state index in [1.807, 2.05) is 30.3 Å². The van der Waals surface area contributed by atoms with Crippen molar-refractivity contribution >= 4 is 44.4 Å². The molecule has 0 unspecified atom stereocenters. The summed E-state index contributed by atoms with van der Waals surface area (Å²) in [5.41, 5.74) is 1.95. The van der Waals surface area contributed by atoms with Gasteiger partial charge in [-0.05, 0) is 60.7 Å². The highest BCUT2D eigenvalue weighted by Gasteiger charge is 2.14. The van der Waals surface area contributed by atoms with Crippen LogP contribution < -0.4 is 20.1 Å². The largest absolute Gasteiger partial charge is 0.497 e. The zero-order chi connectivity index (χ0) is 20.0. The third kappa shape index (κ3) is 5.21. The van der Waals surface area contributed by atoms with Gasteiger partial charge in [-0.3, -0.25) is 4.72 Å². The third-order valence-electron chi connectivity index (χ3n) is 3.78. The number of benzene rings is 3. The molecule has 3 N–H and O–H groups in total. The second-order valence-corrected chi connectivity index (χ2v) is 7.90. The third-order valence-corrected chi connectivity index (χ3v) is 5.38. The molecule has 0 radical (unpaired) electrons. The van der Waals surface area contributed by atoms with Crippen LogP contribution in [0.4, 0.5) is 17.1 Å². The fraction of sp³-hybridized carbons (Fsp3) is 0.0500. The number of para-hydroxylation sites is 1. The van der Waals surface area contributed by atoms with E-state index in [-0.39, 0.29) is 4.90 Å². The van der Waals surface area contributed by atoms with Gasteiger partial charge in [0.1, 0.15) is 5.75 Å². The van der Waals surface area contributed by atoms with Gasteiger partial charge in [0.25, 0.3) is 10.0 Å². The molecule has 0 amide bonds. The Labute approximate surface area is 169 Å². The van der Waals surface area contributed by atoms with Crippen molar-refractivity contribution in [1.82, 2.24) is 0 Å². The zero-order valence-electron chi connectivity index (χ0n) is 15.0. The fourth-order valence-electron chi connectivity index (χ4n) is 2.43. The summed E-state index contributed by atoms with van der Waals surface area (Å²) in [7, 11) is -2.06. The van der Waals surface area contributed by atoms with Crippen LogP contribution in [0.25, 0.3) is 0 Å². The van der Waals surface area contributed by atoms with Crippen molar-refractivity contribution in [3.05, 3.63) is 78.9 Å². The van der Waals surface area contributed by atoms with Crippen LogP contribution in [-0.2, 0) is 10.0 Å². The summed E-state index contributed by atoms with van der Waals surface area (Å²) in [5, 5.41) is 6.45. The van der Waals surface area contributed by atoms with Crippen molar-refractivity contribution in [2.75, 3.05) is 22.5 Å². The SMILES string of the molecule is COc1cccc(NC(=S)Nc2ccc(S(=O)(=O)Nc3ccccc3)cc2)c1. The van der Waals surface area contributed by atoms with Crippen LogP contribution in [-0.4, -0.2) is 20.6 Å². The van der Waals surface area contributed by atoms with Crippen LogP contribution in [0.1, 0.15) is 0 Å². The van der Waals surface area contributed by atoms with Gasteiger partial charge in [-0.1, -0.05) is 24.3 Å². The normalized spacial score (nSPS) is 10.8. The Balaban J connectivity index is 1.64. The van der Waals surface area contributed by atoms with Crippen molar-refractivity contribution in [1.29, 1.82) is 0 Å². The molecule has 0 aliphatic heterocycles. The molecule has 3 aromatic rings. The molecule has 28 heavy (non-hydrogen) atoms. The number of ether oxygens (including phenoxy) is 1. The van der Waals surface area contributed by atoms with E-state index in [9.17, 15) is 8.42 Å². The molecule has 3 rings (SSSR count). The Morgan fingerprint density at radius 3 is 2.14 bits per heavy atom. The summed E-state index contributed by atoms with van der Waals surface area (Å²) in [4.78, 5) is 0.161. The summed E-state index contributed by atoms with van der Waals surface area (Å²) in [5.74, 6) is 0.716. The Morgan fingerprint density at radius 2 is 1.46 bits per heavy atom. The van der Waals surface area contributed by atoms with Gasteiger partial charge in [0.15, 0.2) is 5.11 Å². The van der Waals surface area contributed by atoms with Crippen LogP contribution in [0.3, 0.4) is 0 Å². The van der Waals surface area contributed by atoms with E-state index >= 15 is 0 Å². The van der Waals surface area contributed by atoms with Crippen LogP contribution in [0.5, 0.6) is 5.75 Å². The number of thiocarbonyl (C=S) groups is 1. The summed E-state index contributed by atoms with van der Waals surface area (Å²) in [6, 6.07) is 22.4. The molecule has 0 bridgehead atoms. The van der Waals surface area contributed by atoms with Crippen LogP contribution >= 0.6 is 12.2 Å². The van der Waals surface area contributed by atoms with Crippen molar-refractivity contribution in [3.8, 4) is 5.75 Å². The second-order valence-electron chi connectivity index (χ2n) is 5.81. The van der Waals surface area contributed by atoms with Crippen molar-refractivity contribution < 1.29 is 13.2 Å². The lowest BCUT2D eigenvalue weighted by atomic mass is 10.3. The summed E-state index contributed by atoms with van der Waals surface area (Å²) in [6.07, 6.45) is 0. The van der Waals surface area contributed by atoms with Crippen LogP contribution in [0.15, 0.2) is 83.8 Å². The monoisotopic (exact) mass is 413 g/mol. The Morgan fingerprint density at radius 1 is 0.821 bits per heavy atom. The minimum atomic E-state index is -3.65. The molecule has 8 heteroatoms. The lowest BCUT2D eigenvalue weighted by Crippen LogP contribution is -2.19. The number of sulfonamides is 1. The molecule has 0 atom stereocenters.